The summed E-state index contributed by atoms with van der Waals surface area (Å²) in [5, 5.41) is 6.87. The Morgan fingerprint density at radius 2 is 1.92 bits per heavy atom. The quantitative estimate of drug-likeness (QED) is 0.460. The van der Waals surface area contributed by atoms with Gasteiger partial charge >= 0.3 is 0 Å². The molecular weight excluding hydrogens is 346 g/mol. The van der Waals surface area contributed by atoms with Crippen LogP contribution in [0.3, 0.4) is 0 Å². The Balaban J connectivity index is 1.79. The minimum absolute atomic E-state index is 0.0242. The number of unbranched alkanes of at least 4 members (excludes halogenated alkanes) is 1. The predicted octanol–water partition coefficient (Wildman–Crippen LogP) is 4.04. The number of amides is 1. The third kappa shape index (κ3) is 5.95. The molecule has 0 saturated heterocycles. The van der Waals surface area contributed by atoms with Crippen molar-refractivity contribution in [2.75, 3.05) is 18.4 Å². The molecule has 0 aliphatic carbocycles. The predicted molar refractivity (Wildman–Crippen MR) is 107 cm³/mol. The van der Waals surface area contributed by atoms with Gasteiger partial charge in [0.25, 0.3) is 0 Å². The highest BCUT2D eigenvalue weighted by Crippen LogP contribution is 2.23. The van der Waals surface area contributed by atoms with Crippen molar-refractivity contribution in [1.82, 2.24) is 10.3 Å². The van der Waals surface area contributed by atoms with Crippen molar-refractivity contribution < 1.29 is 9.59 Å². The Labute approximate surface area is 159 Å². The summed E-state index contributed by atoms with van der Waals surface area (Å²) in [6, 6.07) is 7.70. The summed E-state index contributed by atoms with van der Waals surface area (Å²) in [5.74, 6) is 0.139. The Bertz CT molecular complexity index is 727. The van der Waals surface area contributed by atoms with E-state index in [2.05, 4.69) is 22.5 Å². The highest BCUT2D eigenvalue weighted by atomic mass is 32.1. The summed E-state index contributed by atoms with van der Waals surface area (Å²) in [4.78, 5) is 29.1. The maximum Gasteiger partial charge on any atom is 0.219 e. The summed E-state index contributed by atoms with van der Waals surface area (Å²) in [5.41, 5.74) is 1.80. The molecule has 0 unspecified atom stereocenters. The number of carbonyl (C=O) groups excluding carboxylic acids is 2. The Hall–Kier alpha value is -2.21. The van der Waals surface area contributed by atoms with Crippen LogP contribution in [0.25, 0.3) is 0 Å². The zero-order chi connectivity index (χ0) is 18.8. The van der Waals surface area contributed by atoms with Crippen molar-refractivity contribution in [2.45, 2.75) is 46.0 Å². The second-order valence-electron chi connectivity index (χ2n) is 6.10. The van der Waals surface area contributed by atoms with Gasteiger partial charge in [0.05, 0.1) is 11.1 Å². The lowest BCUT2D eigenvalue weighted by molar-refractivity contribution is -0.121. The lowest BCUT2D eigenvalue weighted by Crippen LogP contribution is -2.25. The highest BCUT2D eigenvalue weighted by Gasteiger charge is 2.15. The van der Waals surface area contributed by atoms with Crippen LogP contribution < -0.4 is 10.6 Å². The van der Waals surface area contributed by atoms with E-state index in [1.165, 1.54) is 11.3 Å². The van der Waals surface area contributed by atoms with Crippen LogP contribution >= 0.6 is 11.3 Å². The number of anilines is 1. The molecule has 0 aliphatic rings. The normalized spacial score (nSPS) is 10.5. The smallest absolute Gasteiger partial charge is 0.219 e. The van der Waals surface area contributed by atoms with Crippen molar-refractivity contribution in [2.24, 2.45) is 0 Å². The van der Waals surface area contributed by atoms with Gasteiger partial charge in [-0.05, 0) is 24.8 Å². The van der Waals surface area contributed by atoms with Crippen LogP contribution in [0.2, 0.25) is 0 Å². The third-order valence-corrected chi connectivity index (χ3v) is 5.04. The van der Waals surface area contributed by atoms with Gasteiger partial charge in [-0.2, -0.15) is 0 Å². The van der Waals surface area contributed by atoms with E-state index in [0.29, 0.717) is 24.4 Å². The summed E-state index contributed by atoms with van der Waals surface area (Å²) >= 11 is 1.37. The lowest BCUT2D eigenvalue weighted by atomic mass is 10.0. The number of nitrogens with zero attached hydrogens (tertiary/aromatic N) is 1. The first kappa shape index (κ1) is 20.1. The molecule has 0 spiro atoms. The van der Waals surface area contributed by atoms with Crippen molar-refractivity contribution in [3.05, 3.63) is 46.5 Å². The topological polar surface area (TPSA) is 71.1 Å². The summed E-state index contributed by atoms with van der Waals surface area (Å²) in [6.07, 6.45) is 5.84. The van der Waals surface area contributed by atoms with Crippen LogP contribution in [0.4, 0.5) is 5.13 Å². The number of nitrogens with one attached hydrogen (secondary N) is 2. The van der Waals surface area contributed by atoms with Crippen molar-refractivity contribution in [1.29, 1.82) is 0 Å². The van der Waals surface area contributed by atoms with Gasteiger partial charge in [-0.25, -0.2) is 4.98 Å². The van der Waals surface area contributed by atoms with Crippen LogP contribution in [-0.2, 0) is 11.2 Å². The first-order valence-corrected chi connectivity index (χ1v) is 10.1. The number of ketones is 1. The minimum atomic E-state index is 0.0242. The van der Waals surface area contributed by atoms with Gasteiger partial charge < -0.3 is 10.6 Å². The van der Waals surface area contributed by atoms with Gasteiger partial charge in [0, 0.05) is 25.1 Å². The number of thiazole rings is 1. The largest absolute Gasteiger partial charge is 0.361 e. The van der Waals surface area contributed by atoms with Gasteiger partial charge in [-0.3, -0.25) is 9.59 Å². The molecular formula is C20H27N3O2S. The molecule has 1 amide bonds. The third-order valence-electron chi connectivity index (χ3n) is 4.08. The second kappa shape index (κ2) is 10.7. The van der Waals surface area contributed by atoms with Crippen molar-refractivity contribution >= 4 is 28.2 Å². The number of carbonyl (C=O) groups is 2. The van der Waals surface area contributed by atoms with Gasteiger partial charge in [0.1, 0.15) is 0 Å². The van der Waals surface area contributed by atoms with Crippen LogP contribution in [0.1, 0.15) is 60.3 Å². The molecule has 0 radical (unpaired) electrons. The summed E-state index contributed by atoms with van der Waals surface area (Å²) < 4.78 is 0. The molecule has 0 atom stereocenters. The lowest BCUT2D eigenvalue weighted by Gasteiger charge is -2.05. The molecule has 0 bridgehead atoms. The van der Waals surface area contributed by atoms with E-state index >= 15 is 0 Å². The van der Waals surface area contributed by atoms with Gasteiger partial charge in [0.15, 0.2) is 5.13 Å². The average molecular weight is 374 g/mol. The first-order valence-electron chi connectivity index (χ1n) is 9.24. The van der Waals surface area contributed by atoms with Gasteiger partial charge in [-0.15, -0.1) is 0 Å². The fourth-order valence-electron chi connectivity index (χ4n) is 2.58. The molecule has 5 nitrogen and oxygen atoms in total. The molecule has 0 saturated carbocycles. The molecule has 2 aromatic rings. The second-order valence-corrected chi connectivity index (χ2v) is 7.13. The van der Waals surface area contributed by atoms with E-state index in [1.807, 2.05) is 31.2 Å². The maximum atomic E-state index is 12.7. The summed E-state index contributed by atoms with van der Waals surface area (Å²) in [6.45, 7) is 5.48. The Morgan fingerprint density at radius 3 is 2.69 bits per heavy atom. The van der Waals surface area contributed by atoms with Gasteiger partial charge in [-0.1, -0.05) is 55.9 Å². The average Bonchev–Trinajstić information content (AvgIpc) is 3.14. The zero-order valence-corrected chi connectivity index (χ0v) is 16.3. The number of aryl methyl sites for hydroxylation is 1. The number of aromatic nitrogens is 1. The van der Waals surface area contributed by atoms with Crippen LogP contribution in [0.5, 0.6) is 0 Å². The van der Waals surface area contributed by atoms with E-state index in [4.69, 9.17) is 0 Å². The fraction of sp³-hybridized carbons (Fsp3) is 0.450. The van der Waals surface area contributed by atoms with Crippen LogP contribution in [-0.4, -0.2) is 29.8 Å². The van der Waals surface area contributed by atoms with Crippen molar-refractivity contribution in [3.63, 3.8) is 0 Å². The molecule has 0 fully saturated rings. The fourth-order valence-corrected chi connectivity index (χ4v) is 3.38. The monoisotopic (exact) mass is 373 g/mol. The molecule has 1 aromatic heterocycles. The number of hydrogen-bond donors (Lipinski definition) is 2. The molecule has 6 heteroatoms. The van der Waals surface area contributed by atoms with Gasteiger partial charge in [0.2, 0.25) is 11.7 Å². The maximum absolute atomic E-state index is 12.7. The minimum Gasteiger partial charge on any atom is -0.361 e. The van der Waals surface area contributed by atoms with Crippen molar-refractivity contribution in [3.8, 4) is 0 Å². The number of rotatable bonds is 11. The molecule has 0 aliphatic heterocycles. The number of benzene rings is 1. The molecule has 2 N–H and O–H groups in total. The Kier molecular flexibility index (Phi) is 8.28. The van der Waals surface area contributed by atoms with E-state index < -0.39 is 0 Å². The standard InChI is InChI=1S/C20H27N3O2S/c1-3-5-11-18(24)21-12-8-13-22-20-23-14-17(26-20)19(25)16-10-7-6-9-15(16)4-2/h6-7,9-10,14H,3-5,8,11-13H2,1-2H3,(H,21,24)(H,22,23). The molecule has 1 heterocycles. The highest BCUT2D eigenvalue weighted by molar-refractivity contribution is 7.17. The molecule has 1 aromatic carbocycles. The van der Waals surface area contributed by atoms with Crippen LogP contribution in [0, 0.1) is 0 Å². The molecule has 140 valence electrons. The molecule has 2 rings (SSSR count). The SMILES string of the molecule is CCCCC(=O)NCCCNc1ncc(C(=O)c2ccccc2CC)s1. The zero-order valence-electron chi connectivity index (χ0n) is 15.5. The first-order chi connectivity index (χ1) is 12.7. The van der Waals surface area contributed by atoms with E-state index in [9.17, 15) is 9.59 Å². The summed E-state index contributed by atoms with van der Waals surface area (Å²) in [7, 11) is 0. The van der Waals surface area contributed by atoms with E-state index in [-0.39, 0.29) is 11.7 Å². The van der Waals surface area contributed by atoms with E-state index in [1.54, 1.807) is 6.20 Å². The Morgan fingerprint density at radius 1 is 1.12 bits per heavy atom. The number of hydrogen-bond acceptors (Lipinski definition) is 5. The molecule has 26 heavy (non-hydrogen) atoms. The van der Waals surface area contributed by atoms with E-state index in [0.717, 1.165) is 41.9 Å². The van der Waals surface area contributed by atoms with Crippen LogP contribution in [0.15, 0.2) is 30.5 Å².